The molecule has 8 fully saturated rings. The van der Waals surface area contributed by atoms with E-state index in [1.54, 1.807) is 0 Å². The Labute approximate surface area is 188 Å². The average molecular weight is 447 g/mol. The van der Waals surface area contributed by atoms with Gasteiger partial charge >= 0.3 is 11.9 Å². The van der Waals surface area contributed by atoms with Crippen LogP contribution in [0.5, 0.6) is 0 Å². The van der Waals surface area contributed by atoms with Crippen LogP contribution < -0.4 is 0 Å². The van der Waals surface area contributed by atoms with E-state index in [2.05, 4.69) is 0 Å². The zero-order valence-electron chi connectivity index (χ0n) is 18.6. The van der Waals surface area contributed by atoms with Crippen molar-refractivity contribution in [2.24, 2.45) is 34.5 Å². The molecule has 0 aromatic rings. The minimum atomic E-state index is -0.759. The van der Waals surface area contributed by atoms with Gasteiger partial charge in [0, 0.05) is 0 Å². The van der Waals surface area contributed by atoms with Gasteiger partial charge in [0.25, 0.3) is 0 Å². The Hall–Kier alpha value is -1.47. The molecule has 0 aromatic carbocycles. The van der Waals surface area contributed by atoms with Gasteiger partial charge in [-0.1, -0.05) is 0 Å². The molecule has 0 amide bonds. The standard InChI is InChI=1S/C25H34O7/c26-19(11-31-20(27)22-3-15-1-16(4-22)8-24(29,7-15)13-22)12-32-21(28)23-5-17-2-18(6-23)10-25(30,9-17)14-23/h15-18,29-30H,1-14H2. The molecule has 0 heterocycles. The number of carbonyl (C=O) groups is 3. The first-order chi connectivity index (χ1) is 15.1. The maximum absolute atomic E-state index is 12.9. The van der Waals surface area contributed by atoms with Crippen LogP contribution in [0.15, 0.2) is 0 Å². The number of rotatable bonds is 6. The molecule has 176 valence electrons. The molecule has 0 saturated heterocycles. The number of Topliss-reactive ketones (excluding diaryl/α,β-unsaturated/α-hetero) is 1. The van der Waals surface area contributed by atoms with Crippen molar-refractivity contribution in [2.45, 2.75) is 88.3 Å². The number of ether oxygens (including phenoxy) is 2. The highest BCUT2D eigenvalue weighted by molar-refractivity contribution is 5.87. The summed E-state index contributed by atoms with van der Waals surface area (Å²) in [5.74, 6) is 0.252. The zero-order chi connectivity index (χ0) is 22.4. The molecular formula is C25H34O7. The van der Waals surface area contributed by atoms with E-state index in [-0.39, 0.29) is 11.9 Å². The molecule has 8 rings (SSSR count). The van der Waals surface area contributed by atoms with Gasteiger partial charge in [-0.2, -0.15) is 0 Å². The molecule has 0 radical (unpaired) electrons. The lowest BCUT2D eigenvalue weighted by molar-refractivity contribution is -0.198. The Morgan fingerprint density at radius 3 is 1.28 bits per heavy atom. The van der Waals surface area contributed by atoms with Gasteiger partial charge in [0.1, 0.15) is 0 Å². The van der Waals surface area contributed by atoms with Crippen LogP contribution in [0.25, 0.3) is 0 Å². The van der Waals surface area contributed by atoms with Crippen LogP contribution in [0.4, 0.5) is 0 Å². The second kappa shape index (κ2) is 6.78. The first kappa shape index (κ1) is 21.1. The van der Waals surface area contributed by atoms with Crippen LogP contribution in [0.3, 0.4) is 0 Å². The molecule has 8 aliphatic carbocycles. The fourth-order valence-electron chi connectivity index (χ4n) is 9.55. The number of carbonyl (C=O) groups excluding carboxylic acids is 3. The maximum atomic E-state index is 12.9. The van der Waals surface area contributed by atoms with E-state index in [1.165, 1.54) is 0 Å². The summed E-state index contributed by atoms with van der Waals surface area (Å²) < 4.78 is 10.8. The Morgan fingerprint density at radius 1 is 0.625 bits per heavy atom. The van der Waals surface area contributed by atoms with Gasteiger partial charge < -0.3 is 19.7 Å². The fraction of sp³-hybridized carbons (Fsp3) is 0.880. The van der Waals surface area contributed by atoms with Crippen molar-refractivity contribution >= 4 is 17.7 Å². The van der Waals surface area contributed by atoms with E-state index >= 15 is 0 Å². The quantitative estimate of drug-likeness (QED) is 0.603. The molecule has 0 aliphatic heterocycles. The molecule has 2 N–H and O–H groups in total. The van der Waals surface area contributed by atoms with Crippen LogP contribution in [0, 0.1) is 34.5 Å². The number of hydrogen-bond acceptors (Lipinski definition) is 7. The third-order valence-corrected chi connectivity index (χ3v) is 9.65. The normalized spacial score (nSPS) is 49.8. The molecule has 0 aromatic heterocycles. The first-order valence-corrected chi connectivity index (χ1v) is 12.4. The van der Waals surface area contributed by atoms with Gasteiger partial charge in [-0.3, -0.25) is 14.4 Å². The highest BCUT2D eigenvalue weighted by Gasteiger charge is 2.62. The zero-order valence-corrected chi connectivity index (χ0v) is 18.6. The van der Waals surface area contributed by atoms with Gasteiger partial charge in [0.2, 0.25) is 5.78 Å². The first-order valence-electron chi connectivity index (χ1n) is 12.4. The number of esters is 2. The van der Waals surface area contributed by atoms with E-state index in [0.717, 1.165) is 64.2 Å². The lowest BCUT2D eigenvalue weighted by Crippen LogP contribution is -2.58. The van der Waals surface area contributed by atoms with Crippen molar-refractivity contribution in [3.63, 3.8) is 0 Å². The highest BCUT2D eigenvalue weighted by Crippen LogP contribution is 2.63. The molecule has 7 heteroatoms. The summed E-state index contributed by atoms with van der Waals surface area (Å²) in [7, 11) is 0. The molecule has 8 saturated carbocycles. The lowest BCUT2D eigenvalue weighted by Gasteiger charge is -2.58. The molecule has 0 spiro atoms. The van der Waals surface area contributed by atoms with Crippen molar-refractivity contribution < 1.29 is 34.1 Å². The van der Waals surface area contributed by atoms with Crippen LogP contribution >= 0.6 is 0 Å². The molecule has 8 bridgehead atoms. The maximum Gasteiger partial charge on any atom is 0.312 e. The molecular weight excluding hydrogens is 412 g/mol. The van der Waals surface area contributed by atoms with Crippen LogP contribution in [-0.2, 0) is 23.9 Å². The SMILES string of the molecule is O=C(COC(=O)C12CC3CC(CC(O)(C3)C1)C2)COC(=O)C12CC3CC(CC(O)(C3)C1)C2. The Bertz CT molecular complexity index is 766. The highest BCUT2D eigenvalue weighted by atomic mass is 16.6. The number of hydrogen-bond donors (Lipinski definition) is 2. The van der Waals surface area contributed by atoms with Gasteiger partial charge in [0.15, 0.2) is 13.2 Å². The number of aliphatic hydroxyl groups is 2. The lowest BCUT2D eigenvalue weighted by atomic mass is 9.48. The third-order valence-electron chi connectivity index (χ3n) is 9.65. The largest absolute Gasteiger partial charge is 0.457 e. The van der Waals surface area contributed by atoms with Crippen molar-refractivity contribution in [3.05, 3.63) is 0 Å². The van der Waals surface area contributed by atoms with Crippen molar-refractivity contribution in [2.75, 3.05) is 13.2 Å². The average Bonchev–Trinajstić information content (AvgIpc) is 2.66. The predicted octanol–water partition coefficient (Wildman–Crippen LogP) is 2.30. The summed E-state index contributed by atoms with van der Waals surface area (Å²) in [6, 6.07) is 0. The topological polar surface area (TPSA) is 110 Å². The van der Waals surface area contributed by atoms with Crippen molar-refractivity contribution in [1.29, 1.82) is 0 Å². The van der Waals surface area contributed by atoms with Crippen molar-refractivity contribution in [1.82, 2.24) is 0 Å². The predicted molar refractivity (Wildman–Crippen MR) is 111 cm³/mol. The molecule has 32 heavy (non-hydrogen) atoms. The second-order valence-electron chi connectivity index (χ2n) is 12.6. The minimum absolute atomic E-state index is 0.362. The van der Waals surface area contributed by atoms with Gasteiger partial charge in [0.05, 0.1) is 22.0 Å². The Morgan fingerprint density at radius 2 is 0.969 bits per heavy atom. The van der Waals surface area contributed by atoms with E-state index < -0.39 is 41.0 Å². The van der Waals surface area contributed by atoms with Crippen LogP contribution in [0.1, 0.15) is 77.0 Å². The van der Waals surface area contributed by atoms with Crippen LogP contribution in [0.2, 0.25) is 0 Å². The van der Waals surface area contributed by atoms with E-state index in [1.807, 2.05) is 0 Å². The van der Waals surface area contributed by atoms with E-state index in [9.17, 15) is 24.6 Å². The molecule has 4 unspecified atom stereocenters. The summed E-state index contributed by atoms with van der Waals surface area (Å²) >= 11 is 0. The summed E-state index contributed by atoms with van der Waals surface area (Å²) in [4.78, 5) is 38.2. The fourth-order valence-corrected chi connectivity index (χ4v) is 9.55. The molecule has 4 atom stereocenters. The van der Waals surface area contributed by atoms with E-state index in [4.69, 9.17) is 9.47 Å². The monoisotopic (exact) mass is 446 g/mol. The summed E-state index contributed by atoms with van der Waals surface area (Å²) in [5.41, 5.74) is -2.84. The summed E-state index contributed by atoms with van der Waals surface area (Å²) in [6.45, 7) is -0.798. The van der Waals surface area contributed by atoms with Gasteiger partial charge in [-0.25, -0.2) is 0 Å². The van der Waals surface area contributed by atoms with Gasteiger partial charge in [-0.05, 0) is 101 Å². The molecule has 7 nitrogen and oxygen atoms in total. The van der Waals surface area contributed by atoms with Crippen LogP contribution in [-0.4, -0.2) is 52.4 Å². The Kier molecular flexibility index (Phi) is 4.47. The number of ketones is 1. The Balaban J connectivity index is 1.02. The molecule has 8 aliphatic rings. The minimum Gasteiger partial charge on any atom is -0.457 e. The third kappa shape index (κ3) is 3.33. The smallest absolute Gasteiger partial charge is 0.312 e. The van der Waals surface area contributed by atoms with Crippen molar-refractivity contribution in [3.8, 4) is 0 Å². The second-order valence-corrected chi connectivity index (χ2v) is 12.6. The van der Waals surface area contributed by atoms with E-state index in [0.29, 0.717) is 36.5 Å². The summed E-state index contributed by atoms with van der Waals surface area (Å²) in [5, 5.41) is 21.6. The summed E-state index contributed by atoms with van der Waals surface area (Å²) in [6.07, 6.45) is 9.05. The van der Waals surface area contributed by atoms with Gasteiger partial charge in [-0.15, -0.1) is 0 Å².